The Morgan fingerprint density at radius 2 is 1.50 bits per heavy atom. The van der Waals surface area contributed by atoms with Gasteiger partial charge in [-0.2, -0.15) is 26.3 Å². The summed E-state index contributed by atoms with van der Waals surface area (Å²) >= 11 is 0. The van der Waals surface area contributed by atoms with Gasteiger partial charge < -0.3 is 0 Å². The first-order valence-corrected chi connectivity index (χ1v) is 5.24. The van der Waals surface area contributed by atoms with Gasteiger partial charge in [-0.1, -0.05) is 6.58 Å². The van der Waals surface area contributed by atoms with Gasteiger partial charge in [0.05, 0.1) is 11.5 Å². The minimum atomic E-state index is -4.87. The Bertz CT molecular complexity index is 298. The Labute approximate surface area is 99.2 Å². The minimum Gasteiger partial charge on any atom is -0.270 e. The van der Waals surface area contributed by atoms with E-state index in [0.29, 0.717) is 0 Å². The second-order valence-electron chi connectivity index (χ2n) is 4.21. The number of alkyl halides is 7. The number of halogens is 7. The predicted octanol–water partition coefficient (Wildman–Crippen LogP) is 3.67. The third-order valence-electron chi connectivity index (χ3n) is 2.96. The van der Waals surface area contributed by atoms with Gasteiger partial charge in [0.15, 0.2) is 6.30 Å². The zero-order valence-corrected chi connectivity index (χ0v) is 9.28. The molecule has 1 saturated heterocycles. The molecule has 1 aliphatic rings. The summed E-state index contributed by atoms with van der Waals surface area (Å²) in [5, 5.41) is 0. The summed E-state index contributed by atoms with van der Waals surface area (Å²) in [5.74, 6) is -1.57. The molecule has 106 valence electrons. The second-order valence-corrected chi connectivity index (χ2v) is 4.21. The molecule has 0 radical (unpaired) electrons. The molecule has 1 heterocycles. The highest BCUT2D eigenvalue weighted by Gasteiger charge is 2.45. The van der Waals surface area contributed by atoms with E-state index in [1.165, 1.54) is 0 Å². The maximum absolute atomic E-state index is 13.4. The molecule has 1 aliphatic heterocycles. The van der Waals surface area contributed by atoms with E-state index < -0.39 is 43.0 Å². The topological polar surface area (TPSA) is 3.24 Å². The van der Waals surface area contributed by atoms with Crippen LogP contribution in [-0.2, 0) is 0 Å². The van der Waals surface area contributed by atoms with Crippen molar-refractivity contribution in [3.63, 3.8) is 0 Å². The van der Waals surface area contributed by atoms with E-state index >= 15 is 0 Å². The van der Waals surface area contributed by atoms with Gasteiger partial charge in [-0.3, -0.25) is 4.90 Å². The van der Waals surface area contributed by atoms with Gasteiger partial charge in [-0.15, -0.1) is 0 Å². The lowest BCUT2D eigenvalue weighted by Crippen LogP contribution is -2.45. The molecule has 1 nitrogen and oxygen atoms in total. The van der Waals surface area contributed by atoms with E-state index in [1.54, 1.807) is 0 Å². The lowest BCUT2D eigenvalue weighted by Gasteiger charge is -2.35. The van der Waals surface area contributed by atoms with E-state index in [2.05, 4.69) is 6.58 Å². The zero-order valence-electron chi connectivity index (χ0n) is 9.28. The summed E-state index contributed by atoms with van der Waals surface area (Å²) in [6, 6.07) is 0. The van der Waals surface area contributed by atoms with Crippen LogP contribution in [0.3, 0.4) is 0 Å². The summed E-state index contributed by atoms with van der Waals surface area (Å²) in [7, 11) is 0. The van der Waals surface area contributed by atoms with Crippen LogP contribution in [-0.4, -0.2) is 36.6 Å². The molecule has 0 bridgehead atoms. The molecule has 0 spiro atoms. The van der Waals surface area contributed by atoms with E-state index in [0.717, 1.165) is 4.90 Å². The van der Waals surface area contributed by atoms with Crippen molar-refractivity contribution in [1.29, 1.82) is 0 Å². The molecular formula is C10H12F7N. The Hall–Kier alpha value is -0.790. The maximum Gasteiger partial charge on any atom is 0.416 e. The largest absolute Gasteiger partial charge is 0.416 e. The number of nitrogens with zero attached hydrogens (tertiary/aromatic N) is 1. The van der Waals surface area contributed by atoms with Gasteiger partial charge in [0.1, 0.15) is 0 Å². The highest BCUT2D eigenvalue weighted by molar-refractivity contribution is 5.09. The van der Waals surface area contributed by atoms with Crippen molar-refractivity contribution >= 4 is 0 Å². The van der Waals surface area contributed by atoms with Crippen LogP contribution in [0.2, 0.25) is 0 Å². The molecule has 0 aliphatic carbocycles. The fourth-order valence-electron chi connectivity index (χ4n) is 1.81. The molecule has 0 aromatic rings. The summed E-state index contributed by atoms with van der Waals surface area (Å²) in [6.07, 6.45) is -12.5. The highest BCUT2D eigenvalue weighted by Crippen LogP contribution is 2.36. The molecule has 0 amide bonds. The van der Waals surface area contributed by atoms with Gasteiger partial charge >= 0.3 is 12.4 Å². The van der Waals surface area contributed by atoms with Crippen LogP contribution in [0, 0.1) is 5.92 Å². The van der Waals surface area contributed by atoms with Crippen molar-refractivity contribution in [2.24, 2.45) is 5.92 Å². The van der Waals surface area contributed by atoms with Gasteiger partial charge in [-0.25, -0.2) is 4.39 Å². The average molecular weight is 279 g/mol. The molecule has 0 N–H and O–H groups in total. The Balaban J connectivity index is 2.56. The summed E-state index contributed by atoms with van der Waals surface area (Å²) < 4.78 is 86.9. The second kappa shape index (κ2) is 5.07. The first-order valence-electron chi connectivity index (χ1n) is 5.24. The van der Waals surface area contributed by atoms with Crippen molar-refractivity contribution < 1.29 is 30.7 Å². The van der Waals surface area contributed by atoms with Crippen LogP contribution in [0.15, 0.2) is 12.2 Å². The molecule has 0 aromatic heterocycles. The fourth-order valence-corrected chi connectivity index (χ4v) is 1.81. The predicted molar refractivity (Wildman–Crippen MR) is 50.4 cm³/mol. The van der Waals surface area contributed by atoms with Gasteiger partial charge in [0, 0.05) is 13.1 Å². The van der Waals surface area contributed by atoms with Crippen LogP contribution in [0.5, 0.6) is 0 Å². The average Bonchev–Trinajstić information content (AvgIpc) is 2.25. The highest BCUT2D eigenvalue weighted by atomic mass is 19.4. The Kier molecular flexibility index (Phi) is 4.30. The molecule has 8 heteroatoms. The van der Waals surface area contributed by atoms with Crippen LogP contribution >= 0.6 is 0 Å². The van der Waals surface area contributed by atoms with E-state index in [4.69, 9.17) is 0 Å². The van der Waals surface area contributed by atoms with Gasteiger partial charge in [0.2, 0.25) is 0 Å². The van der Waals surface area contributed by atoms with Crippen molar-refractivity contribution in [3.05, 3.63) is 12.2 Å². The lowest BCUT2D eigenvalue weighted by molar-refractivity contribution is -0.188. The van der Waals surface area contributed by atoms with Crippen LogP contribution in [0.4, 0.5) is 30.7 Å². The number of hydrogen-bond donors (Lipinski definition) is 0. The number of likely N-dealkylation sites (tertiary alicyclic amines) is 1. The van der Waals surface area contributed by atoms with Crippen LogP contribution in [0.1, 0.15) is 12.8 Å². The van der Waals surface area contributed by atoms with Gasteiger partial charge in [-0.05, 0) is 12.8 Å². The molecule has 1 fully saturated rings. The maximum atomic E-state index is 13.4. The van der Waals surface area contributed by atoms with E-state index in [9.17, 15) is 30.7 Å². The number of rotatable bonds is 2. The van der Waals surface area contributed by atoms with Crippen molar-refractivity contribution in [1.82, 2.24) is 4.90 Å². The van der Waals surface area contributed by atoms with Crippen LogP contribution < -0.4 is 0 Å². The monoisotopic (exact) mass is 279 g/mol. The van der Waals surface area contributed by atoms with E-state index in [-0.39, 0.29) is 13.1 Å². The molecular weight excluding hydrogens is 267 g/mol. The molecule has 0 saturated carbocycles. The summed E-state index contributed by atoms with van der Waals surface area (Å²) in [4.78, 5) is 0.734. The minimum absolute atomic E-state index is 0.361. The lowest BCUT2D eigenvalue weighted by atomic mass is 9.96. The van der Waals surface area contributed by atoms with Crippen LogP contribution in [0.25, 0.3) is 0 Å². The SMILES string of the molecule is C=C(C(F)N1CCC(C(F)(F)F)CC1)C(F)(F)F. The number of hydrogen-bond acceptors (Lipinski definition) is 1. The fraction of sp³-hybridized carbons (Fsp3) is 0.800. The third kappa shape index (κ3) is 3.60. The zero-order chi connectivity index (χ0) is 14.1. The summed E-state index contributed by atoms with van der Waals surface area (Å²) in [5.41, 5.74) is -1.58. The first kappa shape index (κ1) is 15.3. The van der Waals surface area contributed by atoms with Gasteiger partial charge in [0.25, 0.3) is 0 Å². The molecule has 18 heavy (non-hydrogen) atoms. The Morgan fingerprint density at radius 3 is 1.83 bits per heavy atom. The molecule has 0 aromatic carbocycles. The summed E-state index contributed by atoms with van der Waals surface area (Å²) in [6.45, 7) is 1.88. The van der Waals surface area contributed by atoms with Crippen molar-refractivity contribution in [3.8, 4) is 0 Å². The van der Waals surface area contributed by atoms with Crippen molar-refractivity contribution in [2.75, 3.05) is 13.1 Å². The number of piperidine rings is 1. The van der Waals surface area contributed by atoms with Crippen molar-refractivity contribution in [2.45, 2.75) is 31.5 Å². The standard InChI is InChI=1S/C10H12F7N/c1-6(9(12,13)14)8(11)18-4-2-7(3-5-18)10(15,16)17/h7-8H,1-5H2. The molecule has 1 rings (SSSR count). The Morgan fingerprint density at radius 1 is 1.06 bits per heavy atom. The normalized spacial score (nSPS) is 21.9. The smallest absolute Gasteiger partial charge is 0.270 e. The quantitative estimate of drug-likeness (QED) is 0.423. The third-order valence-corrected chi connectivity index (χ3v) is 2.96. The first-order chi connectivity index (χ1) is 8.03. The molecule has 1 unspecified atom stereocenters. The van der Waals surface area contributed by atoms with E-state index in [1.807, 2.05) is 0 Å². The molecule has 1 atom stereocenters.